The first kappa shape index (κ1) is 15.1. The van der Waals surface area contributed by atoms with Gasteiger partial charge in [-0.15, -0.1) is 5.10 Å². The lowest BCUT2D eigenvalue weighted by atomic mass is 10.2. The van der Waals surface area contributed by atoms with E-state index < -0.39 is 11.8 Å². The number of carbonyl (C=O) groups is 2. The van der Waals surface area contributed by atoms with E-state index in [0.717, 1.165) is 0 Å². The zero-order valence-electron chi connectivity index (χ0n) is 11.3. The fraction of sp³-hybridized carbons (Fsp3) is 0.231. The first-order valence-electron chi connectivity index (χ1n) is 6.22. The van der Waals surface area contributed by atoms with Crippen LogP contribution in [0, 0.1) is 0 Å². The molecule has 0 saturated heterocycles. The normalized spacial score (nSPS) is 10.4. The summed E-state index contributed by atoms with van der Waals surface area (Å²) in [6.07, 6.45) is 1.63. The molecule has 1 aromatic heterocycles. The van der Waals surface area contributed by atoms with Gasteiger partial charge in [0.25, 0.3) is 5.91 Å². The van der Waals surface area contributed by atoms with Crippen LogP contribution in [-0.2, 0) is 17.9 Å². The molecule has 0 aliphatic heterocycles. The number of nitrogens with one attached hydrogen (secondary N) is 2. The van der Waals surface area contributed by atoms with Crippen molar-refractivity contribution < 1.29 is 9.59 Å². The van der Waals surface area contributed by atoms with Crippen molar-refractivity contribution in [1.29, 1.82) is 0 Å². The van der Waals surface area contributed by atoms with E-state index >= 15 is 0 Å². The molecule has 21 heavy (non-hydrogen) atoms. The smallest absolute Gasteiger partial charge is 0.259 e. The van der Waals surface area contributed by atoms with Gasteiger partial charge in [-0.3, -0.25) is 14.9 Å². The van der Waals surface area contributed by atoms with Crippen LogP contribution in [0.5, 0.6) is 0 Å². The average Bonchev–Trinajstić information content (AvgIpc) is 2.86. The third-order valence-electron chi connectivity index (χ3n) is 2.62. The summed E-state index contributed by atoms with van der Waals surface area (Å²) in [6.45, 7) is 0.465. The molecule has 1 heterocycles. The Labute approximate surface area is 126 Å². The summed E-state index contributed by atoms with van der Waals surface area (Å²) in [7, 11) is 1.79. The minimum atomic E-state index is -0.541. The lowest BCUT2D eigenvalue weighted by Gasteiger charge is -2.05. The number of imide groups is 1. The van der Waals surface area contributed by atoms with E-state index in [2.05, 4.69) is 20.9 Å². The van der Waals surface area contributed by atoms with Crippen LogP contribution in [0.15, 0.2) is 30.5 Å². The van der Waals surface area contributed by atoms with Gasteiger partial charge in [0.1, 0.15) is 6.54 Å². The lowest BCUT2D eigenvalue weighted by Crippen LogP contribution is -2.33. The topological polar surface area (TPSA) is 88.9 Å². The minimum Gasteiger partial charge on any atom is -0.314 e. The first-order chi connectivity index (χ1) is 10.1. The summed E-state index contributed by atoms with van der Waals surface area (Å²) in [5.74, 6) is -1.03. The Morgan fingerprint density at radius 3 is 2.81 bits per heavy atom. The standard InChI is InChI=1S/C13H14ClN5O2/c1-15-6-9-7-19(18-17-9)8-12(20)16-13(21)10-4-2-3-5-11(10)14/h2-5,7,15H,6,8H2,1H3,(H,16,20,21). The van der Waals surface area contributed by atoms with Gasteiger partial charge in [-0.05, 0) is 19.2 Å². The molecule has 0 aliphatic carbocycles. The van der Waals surface area contributed by atoms with Crippen LogP contribution in [0.1, 0.15) is 16.1 Å². The molecule has 0 radical (unpaired) electrons. The Hall–Kier alpha value is -2.25. The summed E-state index contributed by atoms with van der Waals surface area (Å²) in [5.41, 5.74) is 0.963. The second kappa shape index (κ2) is 6.96. The van der Waals surface area contributed by atoms with E-state index in [1.807, 2.05) is 0 Å². The highest BCUT2D eigenvalue weighted by atomic mass is 35.5. The number of hydrogen-bond acceptors (Lipinski definition) is 5. The molecule has 2 N–H and O–H groups in total. The third kappa shape index (κ3) is 4.11. The first-order valence-corrected chi connectivity index (χ1v) is 6.60. The van der Waals surface area contributed by atoms with E-state index in [9.17, 15) is 9.59 Å². The molecule has 2 rings (SSSR count). The molecule has 0 saturated carbocycles. The maximum atomic E-state index is 11.9. The summed E-state index contributed by atoms with van der Waals surface area (Å²) in [5, 5.41) is 13.2. The largest absolute Gasteiger partial charge is 0.314 e. The lowest BCUT2D eigenvalue weighted by molar-refractivity contribution is -0.120. The molecular formula is C13H14ClN5O2. The quantitative estimate of drug-likeness (QED) is 0.845. The van der Waals surface area contributed by atoms with Crippen molar-refractivity contribution in [3.05, 3.63) is 46.7 Å². The minimum absolute atomic E-state index is 0.0904. The van der Waals surface area contributed by atoms with Gasteiger partial charge in [-0.2, -0.15) is 0 Å². The van der Waals surface area contributed by atoms with Crippen molar-refractivity contribution in [2.75, 3.05) is 7.05 Å². The van der Waals surface area contributed by atoms with E-state index in [4.69, 9.17) is 11.6 Å². The van der Waals surface area contributed by atoms with Gasteiger partial charge >= 0.3 is 0 Å². The summed E-state index contributed by atoms with van der Waals surface area (Å²) in [6, 6.07) is 6.51. The molecule has 7 nitrogen and oxygen atoms in total. The Morgan fingerprint density at radius 1 is 1.33 bits per heavy atom. The van der Waals surface area contributed by atoms with E-state index in [1.165, 1.54) is 4.68 Å². The third-order valence-corrected chi connectivity index (χ3v) is 2.95. The van der Waals surface area contributed by atoms with Crippen LogP contribution in [0.2, 0.25) is 5.02 Å². The molecule has 0 atom stereocenters. The van der Waals surface area contributed by atoms with Crippen molar-refractivity contribution >= 4 is 23.4 Å². The van der Waals surface area contributed by atoms with Crippen molar-refractivity contribution in [2.45, 2.75) is 13.1 Å². The number of hydrogen-bond donors (Lipinski definition) is 2. The fourth-order valence-electron chi connectivity index (χ4n) is 1.70. The number of benzene rings is 1. The second-order valence-corrected chi connectivity index (χ2v) is 4.70. The van der Waals surface area contributed by atoms with E-state index in [-0.39, 0.29) is 12.1 Å². The van der Waals surface area contributed by atoms with Gasteiger partial charge < -0.3 is 5.32 Å². The van der Waals surface area contributed by atoms with Crippen molar-refractivity contribution in [3.63, 3.8) is 0 Å². The highest BCUT2D eigenvalue weighted by Crippen LogP contribution is 2.14. The number of amides is 2. The summed E-state index contributed by atoms with van der Waals surface area (Å²) >= 11 is 5.89. The Balaban J connectivity index is 1.95. The van der Waals surface area contributed by atoms with Gasteiger partial charge in [0.05, 0.1) is 22.5 Å². The maximum absolute atomic E-state index is 11.9. The summed E-state index contributed by atoms with van der Waals surface area (Å²) in [4.78, 5) is 23.7. The average molecular weight is 308 g/mol. The van der Waals surface area contributed by atoms with Crippen molar-refractivity contribution in [1.82, 2.24) is 25.6 Å². The van der Waals surface area contributed by atoms with Crippen LogP contribution in [0.3, 0.4) is 0 Å². The van der Waals surface area contributed by atoms with Crippen LogP contribution >= 0.6 is 11.6 Å². The molecule has 2 amide bonds. The molecular weight excluding hydrogens is 294 g/mol. The van der Waals surface area contributed by atoms with Gasteiger partial charge in [-0.25, -0.2) is 4.68 Å². The predicted molar refractivity (Wildman–Crippen MR) is 76.7 cm³/mol. The number of nitrogens with zero attached hydrogens (tertiary/aromatic N) is 3. The highest BCUT2D eigenvalue weighted by molar-refractivity contribution is 6.34. The molecule has 0 bridgehead atoms. The van der Waals surface area contributed by atoms with Gasteiger partial charge in [-0.1, -0.05) is 28.9 Å². The Morgan fingerprint density at radius 2 is 2.10 bits per heavy atom. The number of rotatable bonds is 5. The monoisotopic (exact) mass is 307 g/mol. The number of halogens is 1. The molecule has 0 fully saturated rings. The van der Waals surface area contributed by atoms with Crippen molar-refractivity contribution in [2.24, 2.45) is 0 Å². The molecule has 1 aromatic carbocycles. The Kier molecular flexibility index (Phi) is 5.02. The van der Waals surface area contributed by atoms with E-state index in [1.54, 1.807) is 37.5 Å². The fourth-order valence-corrected chi connectivity index (χ4v) is 1.93. The van der Waals surface area contributed by atoms with Gasteiger partial charge in [0.2, 0.25) is 5.91 Å². The maximum Gasteiger partial charge on any atom is 0.259 e. The molecule has 2 aromatic rings. The zero-order chi connectivity index (χ0) is 15.2. The number of aromatic nitrogens is 3. The van der Waals surface area contributed by atoms with Crippen LogP contribution in [0.25, 0.3) is 0 Å². The molecule has 0 aliphatic rings. The van der Waals surface area contributed by atoms with Crippen LogP contribution in [0.4, 0.5) is 0 Å². The molecule has 8 heteroatoms. The van der Waals surface area contributed by atoms with Crippen molar-refractivity contribution in [3.8, 4) is 0 Å². The summed E-state index contributed by atoms with van der Waals surface area (Å²) < 4.78 is 1.36. The van der Waals surface area contributed by atoms with Gasteiger partial charge in [0, 0.05) is 6.54 Å². The Bertz CT molecular complexity index is 656. The number of carbonyl (C=O) groups excluding carboxylic acids is 2. The highest BCUT2D eigenvalue weighted by Gasteiger charge is 2.14. The van der Waals surface area contributed by atoms with Crippen LogP contribution < -0.4 is 10.6 Å². The van der Waals surface area contributed by atoms with Crippen LogP contribution in [-0.4, -0.2) is 33.9 Å². The second-order valence-electron chi connectivity index (χ2n) is 4.29. The predicted octanol–water partition coefficient (Wildman–Crippen LogP) is 0.607. The van der Waals surface area contributed by atoms with E-state index in [0.29, 0.717) is 17.3 Å². The van der Waals surface area contributed by atoms with Gasteiger partial charge in [0.15, 0.2) is 0 Å². The SMILES string of the molecule is CNCc1cn(CC(=O)NC(=O)c2ccccc2Cl)nn1. The zero-order valence-corrected chi connectivity index (χ0v) is 12.1. The molecule has 0 spiro atoms. The molecule has 110 valence electrons. The molecule has 0 unspecified atom stereocenters.